The third-order valence-electron chi connectivity index (χ3n) is 2.64. The fourth-order valence-corrected chi connectivity index (χ4v) is 2.16. The fourth-order valence-electron chi connectivity index (χ4n) is 1.83. The van der Waals surface area contributed by atoms with Crippen LogP contribution in [0.5, 0.6) is 5.75 Å². The molecule has 2 rings (SSSR count). The maximum absolute atomic E-state index is 12.7. The number of hydrogen-bond acceptors (Lipinski definition) is 2. The molecule has 1 aliphatic rings. The summed E-state index contributed by atoms with van der Waals surface area (Å²) in [5.74, 6) is 0.590. The highest BCUT2D eigenvalue weighted by Crippen LogP contribution is 2.32. The number of fused-ring (bicyclic) bond motifs is 1. The molecule has 1 aromatic rings. The molecule has 1 unspecified atom stereocenters. The molecule has 1 aromatic carbocycles. The summed E-state index contributed by atoms with van der Waals surface area (Å²) in [4.78, 5) is 0. The minimum atomic E-state index is -0.978. The Balaban J connectivity index is 2.20. The molecule has 0 radical (unpaired) electrons. The van der Waals surface area contributed by atoms with E-state index in [9.17, 15) is 4.39 Å². The van der Waals surface area contributed by atoms with E-state index in [1.807, 2.05) is 12.1 Å². The standard InChI is InChI=1S/C12H15ClFNO/c1-8(14)7-16-11-3-2-9-6-15-5-4-10(9)12(11)13/h2-3,8,15H,4-7H2,1H3. The van der Waals surface area contributed by atoms with Crippen LogP contribution in [0.3, 0.4) is 0 Å². The van der Waals surface area contributed by atoms with Gasteiger partial charge in [-0.25, -0.2) is 4.39 Å². The van der Waals surface area contributed by atoms with Crippen LogP contribution in [0.1, 0.15) is 18.1 Å². The van der Waals surface area contributed by atoms with Crippen LogP contribution in [0.4, 0.5) is 4.39 Å². The van der Waals surface area contributed by atoms with Crippen LogP contribution in [0.15, 0.2) is 12.1 Å². The number of hydrogen-bond donors (Lipinski definition) is 1. The summed E-state index contributed by atoms with van der Waals surface area (Å²) in [6.07, 6.45) is -0.0786. The second-order valence-electron chi connectivity index (χ2n) is 4.03. The Labute approximate surface area is 99.7 Å². The normalized spacial score (nSPS) is 16.7. The van der Waals surface area contributed by atoms with Crippen molar-refractivity contribution in [2.24, 2.45) is 0 Å². The van der Waals surface area contributed by atoms with Crippen LogP contribution in [-0.4, -0.2) is 19.3 Å². The van der Waals surface area contributed by atoms with Gasteiger partial charge in [-0.2, -0.15) is 0 Å². The molecule has 2 nitrogen and oxygen atoms in total. The first kappa shape index (κ1) is 11.7. The molecule has 0 bridgehead atoms. The van der Waals surface area contributed by atoms with Crippen molar-refractivity contribution in [2.75, 3.05) is 13.2 Å². The van der Waals surface area contributed by atoms with Crippen molar-refractivity contribution < 1.29 is 9.13 Å². The van der Waals surface area contributed by atoms with E-state index >= 15 is 0 Å². The molecule has 1 N–H and O–H groups in total. The van der Waals surface area contributed by atoms with Gasteiger partial charge >= 0.3 is 0 Å². The quantitative estimate of drug-likeness (QED) is 0.882. The van der Waals surface area contributed by atoms with E-state index in [1.165, 1.54) is 12.5 Å². The van der Waals surface area contributed by atoms with Crippen LogP contribution >= 0.6 is 11.6 Å². The number of alkyl halides is 1. The van der Waals surface area contributed by atoms with Crippen molar-refractivity contribution in [1.82, 2.24) is 5.32 Å². The number of rotatable bonds is 3. The van der Waals surface area contributed by atoms with Crippen LogP contribution < -0.4 is 10.1 Å². The highest BCUT2D eigenvalue weighted by atomic mass is 35.5. The largest absolute Gasteiger partial charge is 0.489 e. The van der Waals surface area contributed by atoms with Crippen molar-refractivity contribution in [3.63, 3.8) is 0 Å². The van der Waals surface area contributed by atoms with Gasteiger partial charge in [-0.15, -0.1) is 0 Å². The van der Waals surface area contributed by atoms with Gasteiger partial charge in [0.25, 0.3) is 0 Å². The molecule has 0 fully saturated rings. The summed E-state index contributed by atoms with van der Waals surface area (Å²) in [5, 5.41) is 3.92. The molecule has 4 heteroatoms. The molecular formula is C12H15ClFNO. The van der Waals surface area contributed by atoms with Gasteiger partial charge < -0.3 is 10.1 Å². The summed E-state index contributed by atoms with van der Waals surface area (Å²) >= 11 is 6.23. The van der Waals surface area contributed by atoms with E-state index in [2.05, 4.69) is 5.32 Å². The van der Waals surface area contributed by atoms with Crippen molar-refractivity contribution in [3.8, 4) is 5.75 Å². The Morgan fingerprint density at radius 2 is 2.38 bits per heavy atom. The number of ether oxygens (including phenoxy) is 1. The molecule has 16 heavy (non-hydrogen) atoms. The van der Waals surface area contributed by atoms with Gasteiger partial charge in [-0.3, -0.25) is 0 Å². The average Bonchev–Trinajstić information content (AvgIpc) is 2.28. The average molecular weight is 244 g/mol. The molecule has 1 atom stereocenters. The van der Waals surface area contributed by atoms with Crippen LogP contribution in [0.25, 0.3) is 0 Å². The second kappa shape index (κ2) is 5.02. The summed E-state index contributed by atoms with van der Waals surface area (Å²) in [6.45, 7) is 3.29. The van der Waals surface area contributed by atoms with Crippen molar-refractivity contribution in [3.05, 3.63) is 28.3 Å². The lowest BCUT2D eigenvalue weighted by Crippen LogP contribution is -2.24. The molecule has 1 aliphatic heterocycles. The molecule has 0 aromatic heterocycles. The first-order chi connectivity index (χ1) is 7.68. The van der Waals surface area contributed by atoms with Gasteiger partial charge in [-0.05, 0) is 37.1 Å². The third-order valence-corrected chi connectivity index (χ3v) is 3.05. The maximum Gasteiger partial charge on any atom is 0.138 e. The highest BCUT2D eigenvalue weighted by Gasteiger charge is 2.15. The van der Waals surface area contributed by atoms with E-state index in [-0.39, 0.29) is 6.61 Å². The molecule has 0 saturated carbocycles. The Morgan fingerprint density at radius 1 is 1.56 bits per heavy atom. The van der Waals surface area contributed by atoms with Crippen molar-refractivity contribution in [2.45, 2.75) is 26.1 Å². The van der Waals surface area contributed by atoms with Gasteiger partial charge in [0.1, 0.15) is 18.5 Å². The Hall–Kier alpha value is -0.800. The number of benzene rings is 1. The molecule has 88 valence electrons. The molecule has 1 heterocycles. The Kier molecular flexibility index (Phi) is 3.66. The van der Waals surface area contributed by atoms with E-state index in [4.69, 9.17) is 16.3 Å². The molecule has 0 spiro atoms. The molecule has 0 aliphatic carbocycles. The Bertz CT molecular complexity index is 382. The first-order valence-corrected chi connectivity index (χ1v) is 5.84. The van der Waals surface area contributed by atoms with Gasteiger partial charge in [0, 0.05) is 6.54 Å². The van der Waals surface area contributed by atoms with Crippen LogP contribution in [-0.2, 0) is 13.0 Å². The van der Waals surface area contributed by atoms with Gasteiger partial charge in [0.2, 0.25) is 0 Å². The summed E-state index contributed by atoms with van der Waals surface area (Å²) in [5.41, 5.74) is 2.33. The lowest BCUT2D eigenvalue weighted by molar-refractivity contribution is 0.209. The van der Waals surface area contributed by atoms with Crippen LogP contribution in [0.2, 0.25) is 5.02 Å². The molecular weight excluding hydrogens is 229 g/mol. The van der Waals surface area contributed by atoms with E-state index in [0.29, 0.717) is 10.8 Å². The second-order valence-corrected chi connectivity index (χ2v) is 4.41. The SMILES string of the molecule is CC(F)COc1ccc2c(c1Cl)CCNC2. The zero-order valence-electron chi connectivity index (χ0n) is 9.22. The number of halogens is 2. The lowest BCUT2D eigenvalue weighted by Gasteiger charge is -2.20. The zero-order valence-corrected chi connectivity index (χ0v) is 9.98. The maximum atomic E-state index is 12.7. The lowest BCUT2D eigenvalue weighted by atomic mass is 10.0. The summed E-state index contributed by atoms with van der Waals surface area (Å²) in [7, 11) is 0. The Morgan fingerprint density at radius 3 is 3.12 bits per heavy atom. The topological polar surface area (TPSA) is 21.3 Å². The van der Waals surface area contributed by atoms with Gasteiger partial charge in [0.05, 0.1) is 5.02 Å². The van der Waals surface area contributed by atoms with Crippen molar-refractivity contribution in [1.29, 1.82) is 0 Å². The highest BCUT2D eigenvalue weighted by molar-refractivity contribution is 6.33. The smallest absolute Gasteiger partial charge is 0.138 e. The summed E-state index contributed by atoms with van der Waals surface area (Å²) in [6, 6.07) is 3.81. The molecule has 0 amide bonds. The van der Waals surface area contributed by atoms with E-state index in [1.54, 1.807) is 0 Å². The summed E-state index contributed by atoms with van der Waals surface area (Å²) < 4.78 is 18.0. The van der Waals surface area contributed by atoms with Crippen molar-refractivity contribution >= 4 is 11.6 Å². The predicted octanol–water partition coefficient (Wildman–Crippen LogP) is 2.72. The minimum Gasteiger partial charge on any atom is -0.489 e. The van der Waals surface area contributed by atoms with Crippen LogP contribution in [0, 0.1) is 0 Å². The number of nitrogens with one attached hydrogen (secondary N) is 1. The van der Waals surface area contributed by atoms with Gasteiger partial charge in [-0.1, -0.05) is 17.7 Å². The van der Waals surface area contributed by atoms with E-state index in [0.717, 1.165) is 25.1 Å². The van der Waals surface area contributed by atoms with Gasteiger partial charge in [0.15, 0.2) is 0 Å². The minimum absolute atomic E-state index is 0.0523. The van der Waals surface area contributed by atoms with E-state index < -0.39 is 6.17 Å². The predicted molar refractivity (Wildman–Crippen MR) is 62.9 cm³/mol. The monoisotopic (exact) mass is 243 g/mol. The third kappa shape index (κ3) is 2.47. The molecule has 0 saturated heterocycles. The zero-order chi connectivity index (χ0) is 11.5. The fraction of sp³-hybridized carbons (Fsp3) is 0.500. The first-order valence-electron chi connectivity index (χ1n) is 5.46.